The highest BCUT2D eigenvalue weighted by Gasteiger charge is 2.19. The van der Waals surface area contributed by atoms with Crippen molar-refractivity contribution in [1.82, 2.24) is 9.97 Å². The van der Waals surface area contributed by atoms with Gasteiger partial charge < -0.3 is 9.64 Å². The van der Waals surface area contributed by atoms with E-state index in [-0.39, 0.29) is 5.38 Å². The van der Waals surface area contributed by atoms with E-state index < -0.39 is 0 Å². The second kappa shape index (κ2) is 6.05. The number of ether oxygens (including phenoxy) is 1. The summed E-state index contributed by atoms with van der Waals surface area (Å²) in [5.74, 6) is 1.46. The van der Waals surface area contributed by atoms with Crippen LogP contribution in [0.2, 0.25) is 0 Å². The molecule has 1 aliphatic rings. The summed E-state index contributed by atoms with van der Waals surface area (Å²) in [6, 6.07) is 0. The molecule has 0 radical (unpaired) electrons. The van der Waals surface area contributed by atoms with Crippen LogP contribution in [0.15, 0.2) is 12.4 Å². The maximum absolute atomic E-state index is 6.16. The first kappa shape index (κ1) is 12.4. The number of piperidine rings is 1. The van der Waals surface area contributed by atoms with Gasteiger partial charge in [0.25, 0.3) is 0 Å². The van der Waals surface area contributed by atoms with Gasteiger partial charge in [-0.1, -0.05) is 6.92 Å². The standard InChI is InChI=1S/C12H18ClN3O/c1-2-6-17-12-8-14-7-11(15-12)16-5-3-4-10(13)9-16/h7-8,10H,2-6,9H2,1H3. The number of rotatable bonds is 4. The molecular formula is C12H18ClN3O. The van der Waals surface area contributed by atoms with Crippen LogP contribution in [0.4, 0.5) is 5.82 Å². The van der Waals surface area contributed by atoms with Crippen LogP contribution in [0, 0.1) is 0 Å². The Labute approximate surface area is 107 Å². The maximum atomic E-state index is 6.16. The molecule has 4 nitrogen and oxygen atoms in total. The summed E-state index contributed by atoms with van der Waals surface area (Å²) in [6.45, 7) is 4.58. The van der Waals surface area contributed by atoms with E-state index in [4.69, 9.17) is 16.3 Å². The lowest BCUT2D eigenvalue weighted by Crippen LogP contribution is -2.36. The normalized spacial score (nSPS) is 20.4. The number of nitrogens with zero attached hydrogens (tertiary/aromatic N) is 3. The van der Waals surface area contributed by atoms with Crippen LogP contribution < -0.4 is 9.64 Å². The van der Waals surface area contributed by atoms with Crippen LogP contribution in [-0.2, 0) is 0 Å². The third-order valence-corrected chi connectivity index (χ3v) is 3.10. The summed E-state index contributed by atoms with van der Waals surface area (Å²) in [5.41, 5.74) is 0. The average Bonchev–Trinajstić information content (AvgIpc) is 2.37. The van der Waals surface area contributed by atoms with Crippen LogP contribution in [0.25, 0.3) is 0 Å². The van der Waals surface area contributed by atoms with Crippen LogP contribution in [0.5, 0.6) is 5.88 Å². The van der Waals surface area contributed by atoms with Gasteiger partial charge in [0.1, 0.15) is 0 Å². The van der Waals surface area contributed by atoms with Crippen LogP contribution >= 0.6 is 11.6 Å². The molecule has 2 heterocycles. The lowest BCUT2D eigenvalue weighted by molar-refractivity contribution is 0.304. The molecule has 2 rings (SSSR count). The second-order valence-electron chi connectivity index (χ2n) is 4.25. The molecule has 0 saturated carbocycles. The van der Waals surface area contributed by atoms with Crippen LogP contribution in [0.3, 0.4) is 0 Å². The molecule has 1 aromatic rings. The molecule has 17 heavy (non-hydrogen) atoms. The summed E-state index contributed by atoms with van der Waals surface area (Å²) in [7, 11) is 0. The highest BCUT2D eigenvalue weighted by Crippen LogP contribution is 2.21. The Balaban J connectivity index is 2.04. The van der Waals surface area contributed by atoms with E-state index in [1.807, 2.05) is 0 Å². The molecule has 1 unspecified atom stereocenters. The minimum atomic E-state index is 0.214. The Morgan fingerprint density at radius 3 is 3.18 bits per heavy atom. The van der Waals surface area contributed by atoms with Crippen molar-refractivity contribution in [1.29, 1.82) is 0 Å². The minimum absolute atomic E-state index is 0.214. The fourth-order valence-electron chi connectivity index (χ4n) is 1.90. The van der Waals surface area contributed by atoms with E-state index in [0.717, 1.165) is 38.2 Å². The zero-order chi connectivity index (χ0) is 12.1. The first-order chi connectivity index (χ1) is 8.29. The molecule has 1 saturated heterocycles. The number of aromatic nitrogens is 2. The van der Waals surface area contributed by atoms with Crippen molar-refractivity contribution in [3.63, 3.8) is 0 Å². The zero-order valence-electron chi connectivity index (χ0n) is 10.1. The predicted molar refractivity (Wildman–Crippen MR) is 68.9 cm³/mol. The summed E-state index contributed by atoms with van der Waals surface area (Å²) in [5, 5.41) is 0.214. The van der Waals surface area contributed by atoms with Crippen LogP contribution in [0.1, 0.15) is 26.2 Å². The Morgan fingerprint density at radius 1 is 1.53 bits per heavy atom. The number of alkyl halides is 1. The molecule has 1 aromatic heterocycles. The predicted octanol–water partition coefficient (Wildman–Crippen LogP) is 2.47. The number of hydrogen-bond donors (Lipinski definition) is 0. The van der Waals surface area contributed by atoms with Gasteiger partial charge in [0.15, 0.2) is 5.82 Å². The van der Waals surface area contributed by atoms with E-state index in [2.05, 4.69) is 21.8 Å². The molecular weight excluding hydrogens is 238 g/mol. The minimum Gasteiger partial charge on any atom is -0.477 e. The fourth-order valence-corrected chi connectivity index (χ4v) is 2.22. The number of halogens is 1. The molecule has 5 heteroatoms. The van der Waals surface area contributed by atoms with Crippen molar-refractivity contribution in [2.24, 2.45) is 0 Å². The van der Waals surface area contributed by atoms with Gasteiger partial charge in [0, 0.05) is 13.1 Å². The van der Waals surface area contributed by atoms with E-state index in [9.17, 15) is 0 Å². The zero-order valence-corrected chi connectivity index (χ0v) is 10.9. The van der Waals surface area contributed by atoms with Crippen molar-refractivity contribution >= 4 is 17.4 Å². The maximum Gasteiger partial charge on any atom is 0.234 e. The second-order valence-corrected chi connectivity index (χ2v) is 4.87. The molecule has 0 spiro atoms. The Morgan fingerprint density at radius 2 is 2.41 bits per heavy atom. The highest BCUT2D eigenvalue weighted by molar-refractivity contribution is 6.21. The summed E-state index contributed by atoms with van der Waals surface area (Å²) in [6.07, 6.45) is 6.59. The van der Waals surface area contributed by atoms with Crippen molar-refractivity contribution in [2.75, 3.05) is 24.6 Å². The van der Waals surface area contributed by atoms with E-state index >= 15 is 0 Å². The third-order valence-electron chi connectivity index (χ3n) is 2.74. The van der Waals surface area contributed by atoms with E-state index in [1.165, 1.54) is 0 Å². The monoisotopic (exact) mass is 255 g/mol. The van der Waals surface area contributed by atoms with Gasteiger partial charge in [0.05, 0.1) is 24.4 Å². The lowest BCUT2D eigenvalue weighted by Gasteiger charge is -2.30. The van der Waals surface area contributed by atoms with Crippen molar-refractivity contribution < 1.29 is 4.74 Å². The van der Waals surface area contributed by atoms with Gasteiger partial charge in [-0.15, -0.1) is 11.6 Å². The molecule has 0 aliphatic carbocycles. The van der Waals surface area contributed by atoms with E-state index in [1.54, 1.807) is 12.4 Å². The first-order valence-electron chi connectivity index (χ1n) is 6.13. The molecule has 1 atom stereocenters. The largest absolute Gasteiger partial charge is 0.477 e. The van der Waals surface area contributed by atoms with Gasteiger partial charge >= 0.3 is 0 Å². The molecule has 0 aromatic carbocycles. The van der Waals surface area contributed by atoms with Crippen LogP contribution in [-0.4, -0.2) is 35.0 Å². The van der Waals surface area contributed by atoms with Gasteiger partial charge in [-0.2, -0.15) is 4.98 Å². The highest BCUT2D eigenvalue weighted by atomic mass is 35.5. The topological polar surface area (TPSA) is 38.2 Å². The summed E-state index contributed by atoms with van der Waals surface area (Å²) < 4.78 is 5.48. The molecule has 94 valence electrons. The lowest BCUT2D eigenvalue weighted by atomic mass is 10.1. The van der Waals surface area contributed by atoms with Crippen molar-refractivity contribution in [3.8, 4) is 5.88 Å². The quantitative estimate of drug-likeness (QED) is 0.775. The molecule has 1 fully saturated rings. The summed E-state index contributed by atoms with van der Waals surface area (Å²) in [4.78, 5) is 10.8. The SMILES string of the molecule is CCCOc1cncc(N2CCCC(Cl)C2)n1. The smallest absolute Gasteiger partial charge is 0.234 e. The first-order valence-corrected chi connectivity index (χ1v) is 6.57. The Bertz CT molecular complexity index is 361. The van der Waals surface area contributed by atoms with E-state index in [0.29, 0.717) is 12.5 Å². The van der Waals surface area contributed by atoms with Crippen molar-refractivity contribution in [2.45, 2.75) is 31.6 Å². The Kier molecular flexibility index (Phi) is 4.42. The molecule has 0 N–H and O–H groups in total. The van der Waals surface area contributed by atoms with Gasteiger partial charge in [-0.05, 0) is 19.3 Å². The van der Waals surface area contributed by atoms with Gasteiger partial charge in [0.2, 0.25) is 5.88 Å². The molecule has 1 aliphatic heterocycles. The number of hydrogen-bond acceptors (Lipinski definition) is 4. The molecule has 0 amide bonds. The fraction of sp³-hybridized carbons (Fsp3) is 0.667. The Hall–Kier alpha value is -1.03. The molecule has 0 bridgehead atoms. The third kappa shape index (κ3) is 3.46. The average molecular weight is 256 g/mol. The summed E-state index contributed by atoms with van der Waals surface area (Å²) >= 11 is 6.16. The van der Waals surface area contributed by atoms with Gasteiger partial charge in [-0.25, -0.2) is 0 Å². The van der Waals surface area contributed by atoms with Gasteiger partial charge in [-0.3, -0.25) is 4.98 Å². The van der Waals surface area contributed by atoms with Crippen molar-refractivity contribution in [3.05, 3.63) is 12.4 Å². The number of anilines is 1.